The molecular weight excluding hydrogens is 376 g/mol. The highest BCUT2D eigenvalue weighted by molar-refractivity contribution is 7.09. The largest absolute Gasteiger partial charge is 0.364 e. The number of nitrogens with zero attached hydrogens (tertiary/aromatic N) is 3. The first-order valence-electron chi connectivity index (χ1n) is 8.81. The van der Waals surface area contributed by atoms with E-state index in [1.807, 2.05) is 30.5 Å². The molecule has 0 aliphatic rings. The fraction of sp³-hybridized carbons (Fsp3) is 0.263. The van der Waals surface area contributed by atoms with Gasteiger partial charge in [-0.3, -0.25) is 4.79 Å². The van der Waals surface area contributed by atoms with Crippen molar-refractivity contribution >= 4 is 29.0 Å². The van der Waals surface area contributed by atoms with Crippen LogP contribution in [0.4, 0.5) is 10.5 Å². The van der Waals surface area contributed by atoms with E-state index in [4.69, 9.17) is 5.73 Å². The highest BCUT2D eigenvalue weighted by Crippen LogP contribution is 2.16. The number of imidazole rings is 1. The molecule has 4 N–H and O–H groups in total. The summed E-state index contributed by atoms with van der Waals surface area (Å²) < 4.78 is 2.10. The van der Waals surface area contributed by atoms with E-state index in [0.717, 1.165) is 11.4 Å². The van der Waals surface area contributed by atoms with E-state index in [9.17, 15) is 9.59 Å². The van der Waals surface area contributed by atoms with E-state index >= 15 is 0 Å². The lowest BCUT2D eigenvalue weighted by Crippen LogP contribution is -2.28. The number of primary amides is 1. The lowest BCUT2D eigenvalue weighted by molar-refractivity contribution is 0.0996. The number of carbonyl (C=O) groups excluding carboxylic acids is 2. The Morgan fingerprint density at radius 2 is 2.14 bits per heavy atom. The van der Waals surface area contributed by atoms with Crippen molar-refractivity contribution in [2.45, 2.75) is 32.9 Å². The standard InChI is InChI=1S/C19H22N6O2S/c1-12(2)18-21-6-7-25(18)10-13-4-3-5-14(8-13)23-19(27)22-9-16-24-15(11-28-16)17(20)26/h3-8,11-12H,9-10H2,1-2H3,(H2,20,26)(H2,22,23,27). The van der Waals surface area contributed by atoms with Crippen LogP contribution >= 0.6 is 11.3 Å². The molecule has 0 spiro atoms. The number of rotatable bonds is 7. The Labute approximate surface area is 166 Å². The highest BCUT2D eigenvalue weighted by atomic mass is 32.1. The quantitative estimate of drug-likeness (QED) is 0.567. The van der Waals surface area contributed by atoms with Gasteiger partial charge in [0.25, 0.3) is 5.91 Å². The van der Waals surface area contributed by atoms with Gasteiger partial charge in [-0.05, 0) is 17.7 Å². The number of anilines is 1. The lowest BCUT2D eigenvalue weighted by Gasteiger charge is -2.12. The summed E-state index contributed by atoms with van der Waals surface area (Å²) in [5.41, 5.74) is 7.13. The van der Waals surface area contributed by atoms with Crippen LogP contribution in [0.5, 0.6) is 0 Å². The topological polar surface area (TPSA) is 115 Å². The summed E-state index contributed by atoms with van der Waals surface area (Å²) in [4.78, 5) is 31.7. The number of amides is 3. The first kappa shape index (κ1) is 19.6. The Balaban J connectivity index is 1.58. The van der Waals surface area contributed by atoms with E-state index in [1.54, 1.807) is 11.6 Å². The second-order valence-electron chi connectivity index (χ2n) is 6.57. The fourth-order valence-corrected chi connectivity index (χ4v) is 3.46. The van der Waals surface area contributed by atoms with E-state index in [1.165, 1.54) is 11.3 Å². The Morgan fingerprint density at radius 1 is 1.32 bits per heavy atom. The average Bonchev–Trinajstić information content (AvgIpc) is 3.29. The molecule has 146 valence electrons. The third-order valence-electron chi connectivity index (χ3n) is 4.01. The number of hydrogen-bond acceptors (Lipinski definition) is 5. The molecule has 2 heterocycles. The average molecular weight is 398 g/mol. The maximum atomic E-state index is 12.1. The first-order chi connectivity index (χ1) is 13.4. The minimum Gasteiger partial charge on any atom is -0.364 e. The van der Waals surface area contributed by atoms with Crippen LogP contribution < -0.4 is 16.4 Å². The smallest absolute Gasteiger partial charge is 0.319 e. The van der Waals surface area contributed by atoms with Crippen molar-refractivity contribution in [1.82, 2.24) is 19.9 Å². The molecule has 0 saturated heterocycles. The fourth-order valence-electron chi connectivity index (χ4n) is 2.74. The van der Waals surface area contributed by atoms with E-state index in [-0.39, 0.29) is 18.3 Å². The van der Waals surface area contributed by atoms with Crippen molar-refractivity contribution < 1.29 is 9.59 Å². The highest BCUT2D eigenvalue weighted by Gasteiger charge is 2.10. The molecule has 2 aromatic heterocycles. The third-order valence-corrected chi connectivity index (χ3v) is 4.86. The zero-order chi connectivity index (χ0) is 20.1. The number of nitrogens with one attached hydrogen (secondary N) is 2. The van der Waals surface area contributed by atoms with Crippen LogP contribution in [0, 0.1) is 0 Å². The van der Waals surface area contributed by atoms with Crippen LogP contribution in [0.2, 0.25) is 0 Å². The summed E-state index contributed by atoms with van der Waals surface area (Å²) in [6, 6.07) is 7.32. The Bertz CT molecular complexity index is 978. The van der Waals surface area contributed by atoms with Crippen molar-refractivity contribution in [1.29, 1.82) is 0 Å². The summed E-state index contributed by atoms with van der Waals surface area (Å²) in [6.07, 6.45) is 3.75. The van der Waals surface area contributed by atoms with Crippen molar-refractivity contribution in [3.63, 3.8) is 0 Å². The van der Waals surface area contributed by atoms with Crippen LogP contribution in [0.15, 0.2) is 42.0 Å². The van der Waals surface area contributed by atoms with Crippen molar-refractivity contribution in [3.05, 3.63) is 64.1 Å². The van der Waals surface area contributed by atoms with Gasteiger partial charge in [0.15, 0.2) is 0 Å². The number of benzene rings is 1. The van der Waals surface area contributed by atoms with Crippen molar-refractivity contribution in [2.75, 3.05) is 5.32 Å². The van der Waals surface area contributed by atoms with Gasteiger partial charge in [-0.1, -0.05) is 26.0 Å². The molecule has 0 saturated carbocycles. The minimum absolute atomic E-state index is 0.204. The lowest BCUT2D eigenvalue weighted by atomic mass is 10.1. The molecule has 3 aromatic rings. The summed E-state index contributed by atoms with van der Waals surface area (Å²) in [5, 5.41) is 7.71. The zero-order valence-corrected chi connectivity index (χ0v) is 16.5. The van der Waals surface area contributed by atoms with Crippen LogP contribution in [0.3, 0.4) is 0 Å². The second-order valence-corrected chi connectivity index (χ2v) is 7.51. The molecule has 0 unspecified atom stereocenters. The Hall–Kier alpha value is -3.20. The zero-order valence-electron chi connectivity index (χ0n) is 15.7. The molecule has 0 aliphatic carbocycles. The molecule has 0 atom stereocenters. The predicted molar refractivity (Wildman–Crippen MR) is 108 cm³/mol. The van der Waals surface area contributed by atoms with E-state index in [2.05, 4.69) is 39.0 Å². The number of carbonyl (C=O) groups is 2. The molecule has 0 radical (unpaired) electrons. The van der Waals surface area contributed by atoms with Crippen LogP contribution in [-0.4, -0.2) is 26.5 Å². The second kappa shape index (κ2) is 8.66. The number of nitrogens with two attached hydrogens (primary N) is 1. The molecule has 9 heteroatoms. The SMILES string of the molecule is CC(C)c1nccn1Cc1cccc(NC(=O)NCc2nc(C(N)=O)cs2)c1. The molecular formula is C19H22N6O2S. The maximum absolute atomic E-state index is 12.1. The molecule has 28 heavy (non-hydrogen) atoms. The van der Waals surface area contributed by atoms with Gasteiger partial charge < -0.3 is 20.9 Å². The summed E-state index contributed by atoms with van der Waals surface area (Å²) in [5.74, 6) is 0.778. The van der Waals surface area contributed by atoms with Crippen LogP contribution in [0.1, 0.15) is 46.6 Å². The van der Waals surface area contributed by atoms with Gasteiger partial charge in [-0.2, -0.15) is 0 Å². The van der Waals surface area contributed by atoms with E-state index < -0.39 is 5.91 Å². The summed E-state index contributed by atoms with van der Waals surface area (Å²) in [7, 11) is 0. The molecule has 0 aliphatic heterocycles. The number of thiazole rings is 1. The van der Waals surface area contributed by atoms with E-state index in [0.29, 0.717) is 23.2 Å². The molecule has 3 amide bonds. The van der Waals surface area contributed by atoms with Crippen molar-refractivity contribution in [3.8, 4) is 0 Å². The van der Waals surface area contributed by atoms with Crippen LogP contribution in [0.25, 0.3) is 0 Å². The number of urea groups is 1. The van der Waals surface area contributed by atoms with Crippen LogP contribution in [-0.2, 0) is 13.1 Å². The summed E-state index contributed by atoms with van der Waals surface area (Å²) in [6.45, 7) is 5.11. The van der Waals surface area contributed by atoms with Crippen molar-refractivity contribution in [2.24, 2.45) is 5.73 Å². The first-order valence-corrected chi connectivity index (χ1v) is 9.69. The molecule has 0 fully saturated rings. The maximum Gasteiger partial charge on any atom is 0.319 e. The molecule has 0 bridgehead atoms. The third kappa shape index (κ3) is 4.95. The Kier molecular flexibility index (Phi) is 6.05. The van der Waals surface area contributed by atoms with Gasteiger partial charge in [0.2, 0.25) is 0 Å². The van der Waals surface area contributed by atoms with Gasteiger partial charge in [-0.15, -0.1) is 11.3 Å². The number of aromatic nitrogens is 3. The Morgan fingerprint density at radius 3 is 2.86 bits per heavy atom. The van der Waals surface area contributed by atoms with Gasteiger partial charge in [0, 0.05) is 35.9 Å². The molecule has 8 nitrogen and oxygen atoms in total. The number of hydrogen-bond donors (Lipinski definition) is 3. The normalized spacial score (nSPS) is 10.8. The van der Waals surface area contributed by atoms with Gasteiger partial charge in [0.1, 0.15) is 16.5 Å². The van der Waals surface area contributed by atoms with Gasteiger partial charge in [0.05, 0.1) is 6.54 Å². The monoisotopic (exact) mass is 398 g/mol. The molecule has 1 aromatic carbocycles. The predicted octanol–water partition coefficient (Wildman–Crippen LogP) is 2.93. The molecule has 3 rings (SSSR count). The minimum atomic E-state index is -0.581. The van der Waals surface area contributed by atoms with Gasteiger partial charge >= 0.3 is 6.03 Å². The summed E-state index contributed by atoms with van der Waals surface area (Å²) >= 11 is 1.27. The van der Waals surface area contributed by atoms with Gasteiger partial charge in [-0.25, -0.2) is 14.8 Å².